The van der Waals surface area contributed by atoms with Crippen LogP contribution in [-0.2, 0) is 11.3 Å². The fourth-order valence-corrected chi connectivity index (χ4v) is 3.84. The lowest BCUT2D eigenvalue weighted by Gasteiger charge is -2.20. The Kier molecular flexibility index (Phi) is 5.65. The van der Waals surface area contributed by atoms with Crippen molar-refractivity contribution in [3.63, 3.8) is 0 Å². The molecule has 0 aliphatic carbocycles. The Bertz CT molecular complexity index is 1060. The van der Waals surface area contributed by atoms with Gasteiger partial charge in [-0.05, 0) is 51.8 Å². The molecule has 0 bridgehead atoms. The number of aryl methyl sites for hydroxylation is 3. The second-order valence-electron chi connectivity index (χ2n) is 7.64. The van der Waals surface area contributed by atoms with Gasteiger partial charge in [0, 0.05) is 18.8 Å². The number of hydrazone groups is 1. The quantitative estimate of drug-likeness (QED) is 0.505. The zero-order valence-corrected chi connectivity index (χ0v) is 17.7. The van der Waals surface area contributed by atoms with Gasteiger partial charge in [0.2, 0.25) is 0 Å². The monoisotopic (exact) mass is 405 g/mol. The summed E-state index contributed by atoms with van der Waals surface area (Å²) >= 11 is 0. The van der Waals surface area contributed by atoms with Gasteiger partial charge in [0.05, 0.1) is 28.9 Å². The molecule has 8 heteroatoms. The third kappa shape index (κ3) is 4.12. The summed E-state index contributed by atoms with van der Waals surface area (Å²) in [6.07, 6.45) is 4.03. The standard InChI is InChI=1S/C22H27N7O/c1-16-13-17(2)28(25-16)15-21(30)24-23-14-20-18(3)26-29(19-9-5-4-6-10-19)22(20)27-11-7-8-12-27/h4-6,9-10,13-14H,7-8,11-12,15H2,1-3H3,(H,24,30)/b23-14+. The highest BCUT2D eigenvalue weighted by Gasteiger charge is 2.23. The van der Waals surface area contributed by atoms with Crippen molar-refractivity contribution in [2.75, 3.05) is 18.0 Å². The number of hydrogen-bond donors (Lipinski definition) is 1. The molecule has 30 heavy (non-hydrogen) atoms. The number of aromatic nitrogens is 4. The van der Waals surface area contributed by atoms with E-state index in [0.717, 1.165) is 60.1 Å². The van der Waals surface area contributed by atoms with Crippen LogP contribution in [0.2, 0.25) is 0 Å². The van der Waals surface area contributed by atoms with Gasteiger partial charge in [-0.2, -0.15) is 15.3 Å². The molecule has 156 valence electrons. The number of nitrogens with one attached hydrogen (secondary N) is 1. The molecule has 4 rings (SSSR count). The first-order chi connectivity index (χ1) is 14.5. The van der Waals surface area contributed by atoms with Gasteiger partial charge in [-0.3, -0.25) is 9.48 Å². The van der Waals surface area contributed by atoms with E-state index >= 15 is 0 Å². The second kappa shape index (κ2) is 8.52. The third-order valence-electron chi connectivity index (χ3n) is 5.27. The van der Waals surface area contributed by atoms with Crippen LogP contribution in [0.15, 0.2) is 41.5 Å². The van der Waals surface area contributed by atoms with Gasteiger partial charge in [0.15, 0.2) is 0 Å². The summed E-state index contributed by atoms with van der Waals surface area (Å²) in [5.41, 5.74) is 7.27. The molecule has 1 aromatic carbocycles. The summed E-state index contributed by atoms with van der Waals surface area (Å²) in [4.78, 5) is 14.6. The number of carbonyl (C=O) groups is 1. The minimum atomic E-state index is -0.215. The van der Waals surface area contributed by atoms with Crippen LogP contribution in [0.25, 0.3) is 5.69 Å². The Balaban J connectivity index is 1.56. The Morgan fingerprint density at radius 1 is 1.13 bits per heavy atom. The molecule has 2 aromatic heterocycles. The van der Waals surface area contributed by atoms with Gasteiger partial charge in [0.25, 0.3) is 5.91 Å². The van der Waals surface area contributed by atoms with Crippen molar-refractivity contribution >= 4 is 17.9 Å². The van der Waals surface area contributed by atoms with Crippen molar-refractivity contribution in [3.8, 4) is 5.69 Å². The highest BCUT2D eigenvalue weighted by atomic mass is 16.2. The molecule has 0 unspecified atom stereocenters. The average Bonchev–Trinajstić information content (AvgIpc) is 3.43. The van der Waals surface area contributed by atoms with Gasteiger partial charge in [-0.1, -0.05) is 18.2 Å². The lowest BCUT2D eigenvalue weighted by molar-refractivity contribution is -0.121. The van der Waals surface area contributed by atoms with E-state index < -0.39 is 0 Å². The van der Waals surface area contributed by atoms with Gasteiger partial charge in [-0.25, -0.2) is 10.1 Å². The maximum atomic E-state index is 12.3. The Morgan fingerprint density at radius 2 is 1.87 bits per heavy atom. The van der Waals surface area contributed by atoms with Crippen LogP contribution in [0.5, 0.6) is 0 Å². The van der Waals surface area contributed by atoms with E-state index in [1.807, 2.05) is 61.9 Å². The van der Waals surface area contributed by atoms with Gasteiger partial charge in [-0.15, -0.1) is 0 Å². The molecule has 0 atom stereocenters. The van der Waals surface area contributed by atoms with Crippen LogP contribution < -0.4 is 10.3 Å². The van der Waals surface area contributed by atoms with Crippen molar-refractivity contribution in [2.45, 2.75) is 40.2 Å². The fourth-order valence-electron chi connectivity index (χ4n) is 3.84. The Labute approximate surface area is 176 Å². The van der Waals surface area contributed by atoms with Gasteiger partial charge >= 0.3 is 0 Å². The molecule has 1 fully saturated rings. The number of hydrogen-bond acceptors (Lipinski definition) is 5. The molecule has 0 radical (unpaired) electrons. The van der Waals surface area contributed by atoms with Crippen LogP contribution in [0.3, 0.4) is 0 Å². The van der Waals surface area contributed by atoms with Crippen molar-refractivity contribution in [2.24, 2.45) is 5.10 Å². The molecule has 8 nitrogen and oxygen atoms in total. The number of benzene rings is 1. The van der Waals surface area contributed by atoms with Crippen LogP contribution >= 0.6 is 0 Å². The number of amides is 1. The zero-order valence-electron chi connectivity index (χ0n) is 17.7. The summed E-state index contributed by atoms with van der Waals surface area (Å²) in [5, 5.41) is 13.3. The minimum Gasteiger partial charge on any atom is -0.356 e. The van der Waals surface area contributed by atoms with E-state index in [-0.39, 0.29) is 12.5 Å². The van der Waals surface area contributed by atoms with Crippen LogP contribution in [0.1, 0.15) is 35.5 Å². The molecular weight excluding hydrogens is 378 g/mol. The van der Waals surface area contributed by atoms with Crippen LogP contribution in [0, 0.1) is 20.8 Å². The van der Waals surface area contributed by atoms with Crippen molar-refractivity contribution in [1.29, 1.82) is 0 Å². The number of nitrogens with zero attached hydrogens (tertiary/aromatic N) is 6. The summed E-state index contributed by atoms with van der Waals surface area (Å²) in [6, 6.07) is 12.0. The summed E-state index contributed by atoms with van der Waals surface area (Å²) < 4.78 is 3.65. The minimum absolute atomic E-state index is 0.137. The zero-order chi connectivity index (χ0) is 21.1. The van der Waals surface area contributed by atoms with Crippen molar-refractivity contribution in [3.05, 3.63) is 59.0 Å². The highest BCUT2D eigenvalue weighted by Crippen LogP contribution is 2.28. The molecule has 1 saturated heterocycles. The first-order valence-electron chi connectivity index (χ1n) is 10.3. The lowest BCUT2D eigenvalue weighted by Crippen LogP contribution is -2.25. The molecule has 0 saturated carbocycles. The summed E-state index contributed by atoms with van der Waals surface area (Å²) in [7, 11) is 0. The maximum absolute atomic E-state index is 12.3. The molecule has 1 amide bonds. The number of rotatable bonds is 6. The fraction of sp³-hybridized carbons (Fsp3) is 0.364. The lowest BCUT2D eigenvalue weighted by atomic mass is 10.2. The topological polar surface area (TPSA) is 80.3 Å². The van der Waals surface area contributed by atoms with Crippen LogP contribution in [0.4, 0.5) is 5.82 Å². The number of carbonyl (C=O) groups excluding carboxylic acids is 1. The average molecular weight is 406 g/mol. The predicted molar refractivity (Wildman–Crippen MR) is 117 cm³/mol. The van der Waals surface area contributed by atoms with Crippen molar-refractivity contribution < 1.29 is 4.79 Å². The molecule has 1 aliphatic rings. The van der Waals surface area contributed by atoms with E-state index in [0.29, 0.717) is 0 Å². The highest BCUT2D eigenvalue weighted by molar-refractivity contribution is 5.90. The largest absolute Gasteiger partial charge is 0.356 e. The Hall–Kier alpha value is -3.42. The first-order valence-corrected chi connectivity index (χ1v) is 10.3. The summed E-state index contributed by atoms with van der Waals surface area (Å²) in [5.74, 6) is 0.807. The van der Waals surface area contributed by atoms with Crippen LogP contribution in [-0.4, -0.2) is 44.8 Å². The van der Waals surface area contributed by atoms with E-state index in [1.54, 1.807) is 10.9 Å². The van der Waals surface area contributed by atoms with E-state index in [2.05, 4.69) is 20.5 Å². The van der Waals surface area contributed by atoms with E-state index in [1.165, 1.54) is 0 Å². The molecule has 3 aromatic rings. The van der Waals surface area contributed by atoms with Gasteiger partial charge in [0.1, 0.15) is 12.4 Å². The predicted octanol–water partition coefficient (Wildman–Crippen LogP) is 2.74. The first kappa shape index (κ1) is 19.9. The van der Waals surface area contributed by atoms with E-state index in [4.69, 9.17) is 5.10 Å². The SMILES string of the molecule is Cc1cc(C)n(CC(=O)N/N=C/c2c(C)nn(-c3ccccc3)c2N2CCCC2)n1. The van der Waals surface area contributed by atoms with Crippen molar-refractivity contribution in [1.82, 2.24) is 25.0 Å². The molecular formula is C22H27N7O. The maximum Gasteiger partial charge on any atom is 0.261 e. The summed E-state index contributed by atoms with van der Waals surface area (Å²) in [6.45, 7) is 7.93. The molecule has 3 heterocycles. The Morgan fingerprint density at radius 3 is 2.53 bits per heavy atom. The second-order valence-corrected chi connectivity index (χ2v) is 7.64. The number of para-hydroxylation sites is 1. The molecule has 0 spiro atoms. The van der Waals surface area contributed by atoms with Gasteiger partial charge < -0.3 is 4.90 Å². The molecule has 1 aliphatic heterocycles. The third-order valence-corrected chi connectivity index (χ3v) is 5.27. The number of anilines is 1. The molecule has 1 N–H and O–H groups in total. The smallest absolute Gasteiger partial charge is 0.261 e. The normalized spacial score (nSPS) is 14.0. The van der Waals surface area contributed by atoms with E-state index in [9.17, 15) is 4.79 Å².